The van der Waals surface area contributed by atoms with Crippen LogP contribution in [0.1, 0.15) is 58.4 Å². The Labute approximate surface area is 180 Å². The molecule has 0 aliphatic heterocycles. The maximum atomic E-state index is 11.9. The van der Waals surface area contributed by atoms with Crippen LogP contribution >= 0.6 is 28.1 Å². The number of hydrogen-bond acceptors (Lipinski definition) is 4. The van der Waals surface area contributed by atoms with E-state index in [9.17, 15) is 9.59 Å². The smallest absolute Gasteiger partial charge is 0.276 e. The van der Waals surface area contributed by atoms with Crippen LogP contribution in [0.25, 0.3) is 0 Å². The molecular formula is C20H28BrN3O3S. The second-order valence-corrected chi connectivity index (χ2v) is 9.35. The molecule has 1 aliphatic rings. The molecule has 0 spiro atoms. The molecule has 0 saturated heterocycles. The highest BCUT2D eigenvalue weighted by atomic mass is 79.9. The van der Waals surface area contributed by atoms with E-state index in [4.69, 9.17) is 17.0 Å². The molecule has 6 nitrogen and oxygen atoms in total. The first-order chi connectivity index (χ1) is 13.1. The summed E-state index contributed by atoms with van der Waals surface area (Å²) in [6.45, 7) is 6.21. The van der Waals surface area contributed by atoms with Gasteiger partial charge < -0.3 is 10.1 Å². The number of carbonyl (C=O) groups excluding carboxylic acids is 2. The van der Waals surface area contributed by atoms with Crippen molar-refractivity contribution in [1.29, 1.82) is 0 Å². The fourth-order valence-electron chi connectivity index (χ4n) is 3.08. The van der Waals surface area contributed by atoms with Gasteiger partial charge in [0, 0.05) is 6.42 Å². The third kappa shape index (κ3) is 7.39. The number of hydrogen-bond donors (Lipinski definition) is 3. The minimum atomic E-state index is -0.404. The van der Waals surface area contributed by atoms with Crippen molar-refractivity contribution in [2.45, 2.75) is 58.3 Å². The number of carbonyl (C=O) groups is 2. The summed E-state index contributed by atoms with van der Waals surface area (Å²) in [5.74, 6) is 0.487. The van der Waals surface area contributed by atoms with Crippen molar-refractivity contribution in [2.75, 3.05) is 6.61 Å². The Balaban J connectivity index is 1.70. The third-order valence-corrected chi connectivity index (χ3v) is 5.50. The summed E-state index contributed by atoms with van der Waals surface area (Å²) >= 11 is 8.51. The van der Waals surface area contributed by atoms with E-state index in [1.807, 2.05) is 18.2 Å². The summed E-state index contributed by atoms with van der Waals surface area (Å²) in [5.41, 5.74) is 6.14. The van der Waals surface area contributed by atoms with Crippen LogP contribution in [-0.4, -0.2) is 23.5 Å². The normalized spacial score (nSPS) is 14.4. The second kappa shape index (κ2) is 10.2. The van der Waals surface area contributed by atoms with Gasteiger partial charge in [-0.25, -0.2) is 0 Å². The van der Waals surface area contributed by atoms with Gasteiger partial charge in [-0.05, 0) is 70.0 Å². The Morgan fingerprint density at radius 2 is 1.86 bits per heavy atom. The zero-order chi connectivity index (χ0) is 20.7. The van der Waals surface area contributed by atoms with E-state index < -0.39 is 5.91 Å². The molecule has 2 rings (SSSR count). The quantitative estimate of drug-likeness (QED) is 0.452. The molecule has 1 saturated carbocycles. The van der Waals surface area contributed by atoms with E-state index in [1.165, 1.54) is 12.8 Å². The molecule has 0 aromatic heterocycles. The van der Waals surface area contributed by atoms with Crippen molar-refractivity contribution in [3.8, 4) is 5.75 Å². The van der Waals surface area contributed by atoms with E-state index in [-0.39, 0.29) is 23.0 Å². The number of hydrazine groups is 1. The van der Waals surface area contributed by atoms with Crippen molar-refractivity contribution in [1.82, 2.24) is 16.2 Å². The molecule has 0 radical (unpaired) electrons. The highest BCUT2D eigenvalue weighted by Crippen LogP contribution is 2.31. The van der Waals surface area contributed by atoms with Crippen LogP contribution in [0, 0.1) is 5.92 Å². The average molecular weight is 470 g/mol. The third-order valence-electron chi connectivity index (χ3n) is 4.67. The van der Waals surface area contributed by atoms with Gasteiger partial charge in [-0.15, -0.1) is 0 Å². The van der Waals surface area contributed by atoms with E-state index in [1.54, 1.807) is 0 Å². The van der Waals surface area contributed by atoms with Crippen LogP contribution in [0.3, 0.4) is 0 Å². The SMILES string of the molecule is CC(C)(C)c1ccc(OCC(=O)NNC(=S)NC(=O)CC2CCCC2)c(Br)c1. The predicted octanol–water partition coefficient (Wildman–Crippen LogP) is 3.73. The van der Waals surface area contributed by atoms with Crippen LogP contribution in [0.2, 0.25) is 0 Å². The summed E-state index contributed by atoms with van der Waals surface area (Å²) in [4.78, 5) is 23.9. The van der Waals surface area contributed by atoms with E-state index >= 15 is 0 Å². The topological polar surface area (TPSA) is 79.5 Å². The van der Waals surface area contributed by atoms with Crippen LogP contribution in [0.15, 0.2) is 22.7 Å². The van der Waals surface area contributed by atoms with Gasteiger partial charge in [0.15, 0.2) is 11.7 Å². The van der Waals surface area contributed by atoms with Gasteiger partial charge in [0.2, 0.25) is 5.91 Å². The number of halogens is 1. The number of ether oxygens (including phenoxy) is 1. The zero-order valence-electron chi connectivity index (χ0n) is 16.6. The first kappa shape index (κ1) is 22.6. The van der Waals surface area contributed by atoms with Gasteiger partial charge in [-0.2, -0.15) is 0 Å². The maximum absolute atomic E-state index is 11.9. The van der Waals surface area contributed by atoms with Crippen molar-refractivity contribution < 1.29 is 14.3 Å². The monoisotopic (exact) mass is 469 g/mol. The van der Waals surface area contributed by atoms with Gasteiger partial charge >= 0.3 is 0 Å². The van der Waals surface area contributed by atoms with Crippen LogP contribution in [0.5, 0.6) is 5.75 Å². The molecule has 0 heterocycles. The van der Waals surface area contributed by atoms with Gasteiger partial charge in [-0.1, -0.05) is 39.7 Å². The minimum absolute atomic E-state index is 0.0280. The molecule has 28 heavy (non-hydrogen) atoms. The summed E-state index contributed by atoms with van der Waals surface area (Å²) < 4.78 is 6.33. The van der Waals surface area contributed by atoms with Crippen molar-refractivity contribution >= 4 is 45.1 Å². The molecule has 1 aromatic carbocycles. The Morgan fingerprint density at radius 1 is 1.18 bits per heavy atom. The molecule has 0 unspecified atom stereocenters. The Hall–Kier alpha value is -1.67. The van der Waals surface area contributed by atoms with E-state index in [0.717, 1.165) is 22.9 Å². The number of thiocarbonyl (C=S) groups is 1. The lowest BCUT2D eigenvalue weighted by Crippen LogP contribution is -2.49. The minimum Gasteiger partial charge on any atom is -0.483 e. The summed E-state index contributed by atoms with van der Waals surface area (Å²) in [5, 5.41) is 2.66. The number of benzene rings is 1. The average Bonchev–Trinajstić information content (AvgIpc) is 3.10. The second-order valence-electron chi connectivity index (χ2n) is 8.09. The van der Waals surface area contributed by atoms with Crippen LogP contribution < -0.4 is 20.9 Å². The van der Waals surface area contributed by atoms with Gasteiger partial charge in [-0.3, -0.25) is 20.4 Å². The molecule has 1 aliphatic carbocycles. The highest BCUT2D eigenvalue weighted by molar-refractivity contribution is 9.10. The molecule has 2 amide bonds. The predicted molar refractivity (Wildman–Crippen MR) is 117 cm³/mol. The zero-order valence-corrected chi connectivity index (χ0v) is 19.0. The fraction of sp³-hybridized carbons (Fsp3) is 0.550. The standard InChI is InChI=1S/C20H28BrN3O3S/c1-20(2,3)14-8-9-16(15(21)11-14)27-12-18(26)23-24-19(28)22-17(25)10-13-6-4-5-7-13/h8-9,11,13H,4-7,10,12H2,1-3H3,(H,23,26)(H2,22,24,25,28). The first-order valence-corrected chi connectivity index (χ1v) is 10.7. The van der Waals surface area contributed by atoms with Gasteiger partial charge in [0.1, 0.15) is 5.75 Å². The van der Waals surface area contributed by atoms with Crippen LogP contribution in [-0.2, 0) is 15.0 Å². The molecular weight excluding hydrogens is 442 g/mol. The van der Waals surface area contributed by atoms with E-state index in [0.29, 0.717) is 18.1 Å². The maximum Gasteiger partial charge on any atom is 0.276 e. The molecule has 1 aromatic rings. The number of amides is 2. The number of nitrogens with one attached hydrogen (secondary N) is 3. The first-order valence-electron chi connectivity index (χ1n) is 9.46. The summed E-state index contributed by atoms with van der Waals surface area (Å²) in [6.07, 6.45) is 5.02. The lowest BCUT2D eigenvalue weighted by atomic mass is 9.87. The van der Waals surface area contributed by atoms with Crippen molar-refractivity contribution in [3.05, 3.63) is 28.2 Å². The molecule has 0 bridgehead atoms. The molecule has 1 fully saturated rings. The Morgan fingerprint density at radius 3 is 2.46 bits per heavy atom. The van der Waals surface area contributed by atoms with E-state index in [2.05, 4.69) is 52.9 Å². The summed E-state index contributed by atoms with van der Waals surface area (Å²) in [6, 6.07) is 5.80. The molecule has 154 valence electrons. The Kier molecular flexibility index (Phi) is 8.24. The molecule has 3 N–H and O–H groups in total. The Bertz CT molecular complexity index is 728. The molecule has 0 atom stereocenters. The lowest BCUT2D eigenvalue weighted by molar-refractivity contribution is -0.124. The van der Waals surface area contributed by atoms with Gasteiger partial charge in [0.05, 0.1) is 4.47 Å². The highest BCUT2D eigenvalue weighted by Gasteiger charge is 2.19. The number of rotatable bonds is 5. The van der Waals surface area contributed by atoms with Crippen molar-refractivity contribution in [3.63, 3.8) is 0 Å². The van der Waals surface area contributed by atoms with Crippen molar-refractivity contribution in [2.24, 2.45) is 5.92 Å². The van der Waals surface area contributed by atoms with Crippen LogP contribution in [0.4, 0.5) is 0 Å². The molecule has 8 heteroatoms. The van der Waals surface area contributed by atoms with Gasteiger partial charge in [0.25, 0.3) is 5.91 Å². The lowest BCUT2D eigenvalue weighted by Gasteiger charge is -2.20. The largest absolute Gasteiger partial charge is 0.483 e. The summed E-state index contributed by atoms with van der Waals surface area (Å²) in [7, 11) is 0. The fourth-order valence-corrected chi connectivity index (χ4v) is 3.73.